The fourth-order valence-electron chi connectivity index (χ4n) is 1.96. The summed E-state index contributed by atoms with van der Waals surface area (Å²) in [5, 5.41) is 19.1. The molecule has 0 spiro atoms. The Balaban J connectivity index is 2.60. The summed E-state index contributed by atoms with van der Waals surface area (Å²) in [6, 6.07) is 21.0. The molecule has 0 saturated heterocycles. The van der Waals surface area contributed by atoms with E-state index in [1.165, 1.54) is 0 Å². The number of rotatable bonds is 3. The van der Waals surface area contributed by atoms with Crippen molar-refractivity contribution in [3.63, 3.8) is 0 Å². The maximum atomic E-state index is 9.66. The van der Waals surface area contributed by atoms with Crippen LogP contribution >= 0.6 is 0 Å². The molecule has 17 heavy (non-hydrogen) atoms. The smallest absolute Gasteiger partial charge is 0.130 e. The zero-order valence-electron chi connectivity index (χ0n) is 9.38. The summed E-state index contributed by atoms with van der Waals surface area (Å²) in [5.74, 6) is 0. The molecular formula is C15H13NO. The third-order valence-corrected chi connectivity index (χ3v) is 2.96. The van der Waals surface area contributed by atoms with Gasteiger partial charge >= 0.3 is 0 Å². The summed E-state index contributed by atoms with van der Waals surface area (Å²) in [7, 11) is 0. The average Bonchev–Trinajstić information content (AvgIpc) is 2.43. The van der Waals surface area contributed by atoms with Gasteiger partial charge in [-0.05, 0) is 11.1 Å². The molecule has 84 valence electrons. The molecule has 2 rings (SSSR count). The molecule has 0 radical (unpaired) electrons. The predicted molar refractivity (Wildman–Crippen MR) is 66.4 cm³/mol. The van der Waals surface area contributed by atoms with Gasteiger partial charge in [0.2, 0.25) is 0 Å². The van der Waals surface area contributed by atoms with Crippen LogP contribution in [0.1, 0.15) is 11.1 Å². The summed E-state index contributed by atoms with van der Waals surface area (Å²) in [4.78, 5) is 0. The second-order valence-corrected chi connectivity index (χ2v) is 3.91. The zero-order chi connectivity index (χ0) is 12.1. The quantitative estimate of drug-likeness (QED) is 0.868. The molecule has 0 aliphatic carbocycles. The van der Waals surface area contributed by atoms with Crippen molar-refractivity contribution in [2.45, 2.75) is 5.41 Å². The lowest BCUT2D eigenvalue weighted by molar-refractivity contribution is 0.251. The summed E-state index contributed by atoms with van der Waals surface area (Å²) in [5.41, 5.74) is 0.662. The summed E-state index contributed by atoms with van der Waals surface area (Å²) in [6.07, 6.45) is 0. The Morgan fingerprint density at radius 3 is 1.59 bits per heavy atom. The molecule has 0 amide bonds. The molecule has 0 heterocycles. The molecule has 0 atom stereocenters. The van der Waals surface area contributed by atoms with Crippen LogP contribution in [0.4, 0.5) is 0 Å². The Bertz CT molecular complexity index is 474. The zero-order valence-corrected chi connectivity index (χ0v) is 9.38. The second kappa shape index (κ2) is 4.82. The SMILES string of the molecule is N#CC(CO)(c1ccccc1)c1ccccc1. The second-order valence-electron chi connectivity index (χ2n) is 3.91. The molecule has 0 saturated carbocycles. The highest BCUT2D eigenvalue weighted by Gasteiger charge is 2.33. The number of nitriles is 1. The number of benzene rings is 2. The van der Waals surface area contributed by atoms with Gasteiger partial charge in [-0.1, -0.05) is 60.7 Å². The van der Waals surface area contributed by atoms with Gasteiger partial charge in [0.15, 0.2) is 0 Å². The number of nitrogens with zero attached hydrogens (tertiary/aromatic N) is 1. The van der Waals surface area contributed by atoms with E-state index in [2.05, 4.69) is 6.07 Å². The van der Waals surface area contributed by atoms with Crippen molar-refractivity contribution >= 4 is 0 Å². The number of hydrogen-bond acceptors (Lipinski definition) is 2. The van der Waals surface area contributed by atoms with Gasteiger partial charge in [0.05, 0.1) is 12.7 Å². The van der Waals surface area contributed by atoms with E-state index < -0.39 is 5.41 Å². The van der Waals surface area contributed by atoms with Crippen LogP contribution in [-0.4, -0.2) is 11.7 Å². The Hall–Kier alpha value is -2.11. The molecule has 2 heteroatoms. The number of aliphatic hydroxyl groups excluding tert-OH is 1. The lowest BCUT2D eigenvalue weighted by Crippen LogP contribution is -2.30. The lowest BCUT2D eigenvalue weighted by atomic mass is 9.76. The van der Waals surface area contributed by atoms with Crippen LogP contribution in [0.5, 0.6) is 0 Å². The van der Waals surface area contributed by atoms with E-state index in [4.69, 9.17) is 0 Å². The first kappa shape index (κ1) is 11.4. The molecular weight excluding hydrogens is 210 g/mol. The molecule has 2 nitrogen and oxygen atoms in total. The molecule has 2 aromatic rings. The molecule has 0 aliphatic rings. The maximum absolute atomic E-state index is 9.66. The first-order valence-corrected chi connectivity index (χ1v) is 5.46. The van der Waals surface area contributed by atoms with Gasteiger partial charge in [-0.15, -0.1) is 0 Å². The minimum atomic E-state index is -0.970. The summed E-state index contributed by atoms with van der Waals surface area (Å²) < 4.78 is 0. The van der Waals surface area contributed by atoms with Crippen molar-refractivity contribution < 1.29 is 5.11 Å². The van der Waals surface area contributed by atoms with Gasteiger partial charge in [0.25, 0.3) is 0 Å². The first-order valence-electron chi connectivity index (χ1n) is 5.46. The van der Waals surface area contributed by atoms with Gasteiger partial charge in [-0.2, -0.15) is 5.26 Å². The largest absolute Gasteiger partial charge is 0.394 e. The Morgan fingerprint density at radius 1 is 0.882 bits per heavy atom. The van der Waals surface area contributed by atoms with Crippen LogP contribution in [0.3, 0.4) is 0 Å². The molecule has 0 aliphatic heterocycles. The third-order valence-electron chi connectivity index (χ3n) is 2.96. The highest BCUT2D eigenvalue weighted by atomic mass is 16.3. The highest BCUT2D eigenvalue weighted by Crippen LogP contribution is 2.30. The monoisotopic (exact) mass is 223 g/mol. The lowest BCUT2D eigenvalue weighted by Gasteiger charge is -2.25. The normalized spacial score (nSPS) is 10.8. The van der Waals surface area contributed by atoms with E-state index in [1.807, 2.05) is 60.7 Å². The summed E-state index contributed by atoms with van der Waals surface area (Å²) >= 11 is 0. The van der Waals surface area contributed by atoms with Gasteiger partial charge in [0.1, 0.15) is 5.41 Å². The average molecular weight is 223 g/mol. The van der Waals surface area contributed by atoms with E-state index in [0.29, 0.717) is 0 Å². The van der Waals surface area contributed by atoms with Crippen LogP contribution in [-0.2, 0) is 5.41 Å². The molecule has 2 aromatic carbocycles. The van der Waals surface area contributed by atoms with Crippen LogP contribution in [0, 0.1) is 11.3 Å². The molecule has 1 N–H and O–H groups in total. The van der Waals surface area contributed by atoms with Crippen LogP contribution in [0.15, 0.2) is 60.7 Å². The van der Waals surface area contributed by atoms with Crippen molar-refractivity contribution in [3.05, 3.63) is 71.8 Å². The van der Waals surface area contributed by atoms with Crippen molar-refractivity contribution in [1.29, 1.82) is 5.26 Å². The maximum Gasteiger partial charge on any atom is 0.130 e. The number of aliphatic hydroxyl groups is 1. The standard InChI is InChI=1S/C15H13NO/c16-11-15(12-17,13-7-3-1-4-8-13)14-9-5-2-6-10-14/h1-10,17H,12H2. The van der Waals surface area contributed by atoms with E-state index in [9.17, 15) is 10.4 Å². The Labute approximate surface area is 101 Å². The fraction of sp³-hybridized carbons (Fsp3) is 0.133. The first-order chi connectivity index (χ1) is 8.33. The minimum absolute atomic E-state index is 0.225. The molecule has 0 aromatic heterocycles. The van der Waals surface area contributed by atoms with Gasteiger partial charge in [-0.25, -0.2) is 0 Å². The third kappa shape index (κ3) is 1.93. The predicted octanol–water partition coefficient (Wildman–Crippen LogP) is 2.49. The van der Waals surface area contributed by atoms with E-state index in [0.717, 1.165) is 11.1 Å². The van der Waals surface area contributed by atoms with Crippen LogP contribution in [0.2, 0.25) is 0 Å². The van der Waals surface area contributed by atoms with E-state index >= 15 is 0 Å². The van der Waals surface area contributed by atoms with E-state index in [1.54, 1.807) is 0 Å². The fourth-order valence-corrected chi connectivity index (χ4v) is 1.96. The minimum Gasteiger partial charge on any atom is -0.394 e. The van der Waals surface area contributed by atoms with Crippen molar-refractivity contribution in [3.8, 4) is 6.07 Å². The van der Waals surface area contributed by atoms with Gasteiger partial charge in [0, 0.05) is 0 Å². The molecule has 0 unspecified atom stereocenters. The number of hydrogen-bond donors (Lipinski definition) is 1. The van der Waals surface area contributed by atoms with Crippen molar-refractivity contribution in [1.82, 2.24) is 0 Å². The van der Waals surface area contributed by atoms with Gasteiger partial charge in [-0.3, -0.25) is 0 Å². The molecule has 0 fully saturated rings. The van der Waals surface area contributed by atoms with E-state index in [-0.39, 0.29) is 6.61 Å². The Kier molecular flexibility index (Phi) is 3.22. The van der Waals surface area contributed by atoms with Crippen molar-refractivity contribution in [2.75, 3.05) is 6.61 Å². The van der Waals surface area contributed by atoms with Crippen LogP contribution in [0.25, 0.3) is 0 Å². The highest BCUT2D eigenvalue weighted by molar-refractivity contribution is 5.45. The molecule has 0 bridgehead atoms. The van der Waals surface area contributed by atoms with Crippen LogP contribution < -0.4 is 0 Å². The van der Waals surface area contributed by atoms with Gasteiger partial charge < -0.3 is 5.11 Å². The summed E-state index contributed by atoms with van der Waals surface area (Å²) in [6.45, 7) is -0.225. The van der Waals surface area contributed by atoms with Crippen molar-refractivity contribution in [2.24, 2.45) is 0 Å². The Morgan fingerprint density at radius 2 is 1.29 bits per heavy atom. The topological polar surface area (TPSA) is 44.0 Å².